The molecular weight excluding hydrogens is 426 g/mol. The number of anilines is 1. The van der Waals surface area contributed by atoms with Crippen LogP contribution in [-0.2, 0) is 4.79 Å². The number of H-pyrrole nitrogens is 1. The molecule has 0 fully saturated rings. The van der Waals surface area contributed by atoms with Crippen LogP contribution in [0, 0.1) is 6.92 Å². The third-order valence-corrected chi connectivity index (χ3v) is 5.31. The smallest absolute Gasteiger partial charge is 0.248 e. The number of benzene rings is 3. The van der Waals surface area contributed by atoms with Gasteiger partial charge in [-0.05, 0) is 42.3 Å². The van der Waals surface area contributed by atoms with Gasteiger partial charge in [0.1, 0.15) is 5.82 Å². The number of ether oxygens (including phenoxy) is 2. The van der Waals surface area contributed by atoms with Crippen LogP contribution in [0.1, 0.15) is 11.1 Å². The highest BCUT2D eigenvalue weighted by Gasteiger charge is 2.12. The van der Waals surface area contributed by atoms with Crippen LogP contribution in [0.4, 0.5) is 5.69 Å². The number of imidazole rings is 1. The van der Waals surface area contributed by atoms with E-state index in [4.69, 9.17) is 21.1 Å². The van der Waals surface area contributed by atoms with Crippen molar-refractivity contribution in [3.63, 3.8) is 0 Å². The normalized spacial score (nSPS) is 11.1. The van der Waals surface area contributed by atoms with Gasteiger partial charge in [-0.25, -0.2) is 4.98 Å². The Bertz CT molecular complexity index is 1270. The average molecular weight is 448 g/mol. The highest BCUT2D eigenvalue weighted by atomic mass is 35.5. The van der Waals surface area contributed by atoms with Crippen molar-refractivity contribution in [2.75, 3.05) is 19.5 Å². The Kier molecular flexibility index (Phi) is 6.14. The molecule has 0 unspecified atom stereocenters. The second-order valence-corrected chi connectivity index (χ2v) is 7.65. The summed E-state index contributed by atoms with van der Waals surface area (Å²) in [5, 5.41) is 3.59. The highest BCUT2D eigenvalue weighted by Crippen LogP contribution is 2.33. The summed E-state index contributed by atoms with van der Waals surface area (Å²) in [5.41, 5.74) is 4.99. The molecule has 162 valence electrons. The highest BCUT2D eigenvalue weighted by molar-refractivity contribution is 6.30. The Morgan fingerprint density at radius 2 is 1.75 bits per heavy atom. The van der Waals surface area contributed by atoms with Gasteiger partial charge in [0.05, 0.1) is 25.3 Å². The molecule has 0 bridgehead atoms. The Morgan fingerprint density at radius 3 is 2.47 bits per heavy atom. The van der Waals surface area contributed by atoms with Gasteiger partial charge in [-0.1, -0.05) is 35.9 Å². The number of amides is 1. The third-order valence-electron chi connectivity index (χ3n) is 5.05. The fourth-order valence-corrected chi connectivity index (χ4v) is 3.42. The molecule has 0 saturated carbocycles. The van der Waals surface area contributed by atoms with Crippen molar-refractivity contribution in [2.24, 2.45) is 0 Å². The summed E-state index contributed by atoms with van der Waals surface area (Å²) >= 11 is 5.90. The van der Waals surface area contributed by atoms with Crippen LogP contribution in [0.3, 0.4) is 0 Å². The van der Waals surface area contributed by atoms with Crippen molar-refractivity contribution in [2.45, 2.75) is 6.92 Å². The van der Waals surface area contributed by atoms with Crippen molar-refractivity contribution >= 4 is 40.3 Å². The van der Waals surface area contributed by atoms with Gasteiger partial charge in [-0.2, -0.15) is 0 Å². The number of hydrogen-bond acceptors (Lipinski definition) is 4. The molecule has 0 aliphatic heterocycles. The summed E-state index contributed by atoms with van der Waals surface area (Å²) in [6.07, 6.45) is 3.24. The van der Waals surface area contributed by atoms with Crippen molar-refractivity contribution in [3.8, 4) is 22.9 Å². The van der Waals surface area contributed by atoms with E-state index in [2.05, 4.69) is 15.3 Å². The van der Waals surface area contributed by atoms with Gasteiger partial charge in [-0.15, -0.1) is 0 Å². The van der Waals surface area contributed by atoms with E-state index in [-0.39, 0.29) is 5.91 Å². The van der Waals surface area contributed by atoms with Crippen LogP contribution in [0.5, 0.6) is 11.5 Å². The van der Waals surface area contributed by atoms with E-state index in [9.17, 15) is 4.79 Å². The molecule has 7 heteroatoms. The zero-order chi connectivity index (χ0) is 22.7. The molecule has 1 amide bonds. The van der Waals surface area contributed by atoms with Crippen LogP contribution >= 0.6 is 11.6 Å². The number of carbonyl (C=O) groups is 1. The van der Waals surface area contributed by atoms with Gasteiger partial charge in [0, 0.05) is 34.5 Å². The molecule has 1 aromatic heterocycles. The van der Waals surface area contributed by atoms with Gasteiger partial charge >= 0.3 is 0 Å². The molecule has 4 aromatic rings. The fraction of sp³-hybridized carbons (Fsp3) is 0.120. The lowest BCUT2D eigenvalue weighted by Gasteiger charge is -2.08. The molecule has 0 aliphatic carbocycles. The summed E-state index contributed by atoms with van der Waals surface area (Å²) in [7, 11) is 3.19. The molecule has 6 nitrogen and oxygen atoms in total. The van der Waals surface area contributed by atoms with Gasteiger partial charge in [-0.3, -0.25) is 4.79 Å². The van der Waals surface area contributed by atoms with E-state index in [0.29, 0.717) is 28.0 Å². The first-order valence-electron chi connectivity index (χ1n) is 9.94. The van der Waals surface area contributed by atoms with E-state index >= 15 is 0 Å². The predicted octanol–water partition coefficient (Wildman–Crippen LogP) is 5.86. The van der Waals surface area contributed by atoms with E-state index in [1.54, 1.807) is 32.4 Å². The van der Waals surface area contributed by atoms with Gasteiger partial charge < -0.3 is 19.8 Å². The summed E-state index contributed by atoms with van der Waals surface area (Å²) in [6.45, 7) is 1.94. The molecule has 32 heavy (non-hydrogen) atoms. The van der Waals surface area contributed by atoms with E-state index in [1.807, 2.05) is 49.4 Å². The third kappa shape index (κ3) is 4.60. The van der Waals surface area contributed by atoms with Crippen LogP contribution < -0.4 is 14.8 Å². The molecule has 2 N–H and O–H groups in total. The number of nitrogens with zero attached hydrogens (tertiary/aromatic N) is 1. The van der Waals surface area contributed by atoms with Crippen LogP contribution in [0.15, 0.2) is 60.7 Å². The number of halogens is 1. The number of aromatic nitrogens is 2. The minimum atomic E-state index is -0.223. The first-order chi connectivity index (χ1) is 15.5. The molecule has 0 aliphatic rings. The number of hydrogen-bond donors (Lipinski definition) is 2. The number of methoxy groups -OCH3 is 2. The minimum absolute atomic E-state index is 0.223. The quantitative estimate of drug-likeness (QED) is 0.363. The Hall–Kier alpha value is -3.77. The van der Waals surface area contributed by atoms with Crippen molar-refractivity contribution in [3.05, 3.63) is 76.8 Å². The molecule has 0 spiro atoms. The summed E-state index contributed by atoms with van der Waals surface area (Å²) in [6, 6.07) is 16.7. The maximum Gasteiger partial charge on any atom is 0.248 e. The number of rotatable bonds is 6. The summed E-state index contributed by atoms with van der Waals surface area (Å²) < 4.78 is 10.7. The second-order valence-electron chi connectivity index (χ2n) is 7.21. The lowest BCUT2D eigenvalue weighted by Crippen LogP contribution is -2.09. The molecule has 1 heterocycles. The minimum Gasteiger partial charge on any atom is -0.493 e. The number of nitrogens with one attached hydrogen (secondary N) is 2. The Labute approximate surface area is 190 Å². The first kappa shape index (κ1) is 21.5. The number of aryl methyl sites for hydroxylation is 1. The lowest BCUT2D eigenvalue weighted by atomic mass is 10.1. The van der Waals surface area contributed by atoms with Crippen molar-refractivity contribution in [1.29, 1.82) is 0 Å². The Balaban J connectivity index is 1.58. The molecular formula is C25H22ClN3O3. The first-order valence-corrected chi connectivity index (χ1v) is 10.3. The molecule has 0 saturated heterocycles. The molecule has 0 atom stereocenters. The van der Waals surface area contributed by atoms with Crippen molar-refractivity contribution < 1.29 is 14.3 Å². The molecule has 0 radical (unpaired) electrons. The van der Waals surface area contributed by atoms with Crippen LogP contribution in [-0.4, -0.2) is 30.1 Å². The molecule has 3 aromatic carbocycles. The summed E-state index contributed by atoms with van der Waals surface area (Å²) in [4.78, 5) is 20.4. The van der Waals surface area contributed by atoms with Crippen molar-refractivity contribution in [1.82, 2.24) is 9.97 Å². The van der Waals surface area contributed by atoms with E-state index in [0.717, 1.165) is 27.7 Å². The number of fused-ring (bicyclic) bond motifs is 1. The van der Waals surface area contributed by atoms with Gasteiger partial charge in [0.2, 0.25) is 5.91 Å². The zero-order valence-electron chi connectivity index (χ0n) is 17.9. The second kappa shape index (κ2) is 9.16. The SMILES string of the molecule is COc1cc2nc(-c3ccc(C)c(NC(=O)/C=C/c4ccc(Cl)cc4)c3)[nH]c2cc1OC. The van der Waals surface area contributed by atoms with E-state index < -0.39 is 0 Å². The fourth-order valence-electron chi connectivity index (χ4n) is 3.30. The lowest BCUT2D eigenvalue weighted by molar-refractivity contribution is -0.111. The maximum atomic E-state index is 12.5. The summed E-state index contributed by atoms with van der Waals surface area (Å²) in [5.74, 6) is 1.70. The maximum absolute atomic E-state index is 12.5. The standard InChI is InChI=1S/C25H22ClN3O3/c1-15-4-8-17(25-28-20-13-22(31-2)23(32-3)14-21(20)29-25)12-19(15)27-24(30)11-7-16-5-9-18(26)10-6-16/h4-14H,1-3H3,(H,27,30)(H,28,29)/b11-7+. The van der Waals surface area contributed by atoms with Gasteiger partial charge in [0.15, 0.2) is 11.5 Å². The molecule has 4 rings (SSSR count). The van der Waals surface area contributed by atoms with E-state index in [1.165, 1.54) is 6.08 Å². The zero-order valence-corrected chi connectivity index (χ0v) is 18.7. The number of aromatic amines is 1. The van der Waals surface area contributed by atoms with Gasteiger partial charge in [0.25, 0.3) is 0 Å². The Morgan fingerprint density at radius 1 is 1.03 bits per heavy atom. The number of carbonyl (C=O) groups excluding carboxylic acids is 1. The topological polar surface area (TPSA) is 76.2 Å². The monoisotopic (exact) mass is 447 g/mol. The van der Waals surface area contributed by atoms with Crippen LogP contribution in [0.25, 0.3) is 28.5 Å². The largest absolute Gasteiger partial charge is 0.493 e. The predicted molar refractivity (Wildman–Crippen MR) is 128 cm³/mol. The van der Waals surface area contributed by atoms with Crippen LogP contribution in [0.2, 0.25) is 5.02 Å². The average Bonchev–Trinajstić information content (AvgIpc) is 3.22.